The minimum Gasteiger partial charge on any atom is -0.181 e. The summed E-state index contributed by atoms with van der Waals surface area (Å²) in [6.45, 7) is 0. The van der Waals surface area contributed by atoms with Crippen molar-refractivity contribution in [3.05, 3.63) is 60.7 Å². The summed E-state index contributed by atoms with van der Waals surface area (Å²) >= 11 is 0. The third kappa shape index (κ3) is 6.55. The van der Waals surface area contributed by atoms with Gasteiger partial charge in [0.25, 0.3) is 0 Å². The molecule has 2 nitrogen and oxygen atoms in total. The third-order valence-corrected chi connectivity index (χ3v) is 1.93. The molecule has 0 atom stereocenters. The normalized spacial score (nSPS) is 7.00. The van der Waals surface area contributed by atoms with E-state index in [1.165, 1.54) is 23.3 Å². The largest absolute Gasteiger partial charge is 0.181 e. The van der Waals surface area contributed by atoms with Crippen molar-refractivity contribution in [2.75, 3.05) is 0 Å². The Balaban J connectivity index is 0. The van der Waals surface area contributed by atoms with Crippen molar-refractivity contribution >= 4 is 24.8 Å². The topological polar surface area (TPSA) is 47.6 Å². The third-order valence-electron chi connectivity index (χ3n) is 1.93. The van der Waals surface area contributed by atoms with Crippen molar-refractivity contribution in [1.82, 2.24) is 0 Å². The molecule has 0 spiro atoms. The first-order valence-electron chi connectivity index (χ1n) is 4.77. The molecule has 0 aromatic heterocycles. The highest BCUT2D eigenvalue weighted by atomic mass is 35.5. The van der Waals surface area contributed by atoms with Crippen LogP contribution in [0.25, 0.3) is 11.1 Å². The van der Waals surface area contributed by atoms with Crippen molar-refractivity contribution in [3.8, 4) is 23.3 Å². The molecule has 4 heteroatoms. The van der Waals surface area contributed by atoms with Crippen LogP contribution in [0.4, 0.5) is 0 Å². The van der Waals surface area contributed by atoms with E-state index in [2.05, 4.69) is 48.5 Å². The lowest BCUT2D eigenvalue weighted by Gasteiger charge is -1.98. The van der Waals surface area contributed by atoms with Gasteiger partial charge < -0.3 is 0 Å². The Labute approximate surface area is 119 Å². The average molecular weight is 279 g/mol. The van der Waals surface area contributed by atoms with Gasteiger partial charge in [-0.1, -0.05) is 60.7 Å². The molecule has 2 rings (SSSR count). The second-order valence-electron chi connectivity index (χ2n) is 2.96. The van der Waals surface area contributed by atoms with E-state index < -0.39 is 0 Å². The number of rotatable bonds is 1. The van der Waals surface area contributed by atoms with Gasteiger partial charge >= 0.3 is 0 Å². The monoisotopic (exact) mass is 278 g/mol. The predicted molar refractivity (Wildman–Crippen MR) is 77.6 cm³/mol. The van der Waals surface area contributed by atoms with Gasteiger partial charge in [-0.05, 0) is 11.1 Å². The highest BCUT2D eigenvalue weighted by Crippen LogP contribution is 2.17. The Morgan fingerprint density at radius 3 is 1.06 bits per heavy atom. The highest BCUT2D eigenvalue weighted by molar-refractivity contribution is 5.85. The molecule has 2 aromatic rings. The van der Waals surface area contributed by atoms with E-state index in [-0.39, 0.29) is 24.8 Å². The Morgan fingerprint density at radius 2 is 0.833 bits per heavy atom. The Hall–Kier alpha value is -2.00. The van der Waals surface area contributed by atoms with Crippen LogP contribution in [0.5, 0.6) is 0 Å². The van der Waals surface area contributed by atoms with Crippen molar-refractivity contribution in [3.63, 3.8) is 0 Å². The summed E-state index contributed by atoms with van der Waals surface area (Å²) in [6, 6.07) is 23.3. The van der Waals surface area contributed by atoms with Gasteiger partial charge in [-0.25, -0.2) is 0 Å². The molecular weight excluding hydrogens is 267 g/mol. The molecule has 0 fully saturated rings. The van der Waals surface area contributed by atoms with Gasteiger partial charge in [-0.3, -0.25) is 0 Å². The fourth-order valence-electron chi connectivity index (χ4n) is 1.26. The van der Waals surface area contributed by atoms with Crippen molar-refractivity contribution in [2.45, 2.75) is 0 Å². The maximum atomic E-state index is 7.26. The number of hydrogen-bond acceptors (Lipinski definition) is 2. The van der Waals surface area contributed by atoms with Crippen LogP contribution in [-0.4, -0.2) is 0 Å². The van der Waals surface area contributed by atoms with E-state index in [4.69, 9.17) is 10.5 Å². The molecule has 0 radical (unpaired) electrons. The Morgan fingerprint density at radius 1 is 0.556 bits per heavy atom. The zero-order valence-electron chi connectivity index (χ0n) is 9.48. The summed E-state index contributed by atoms with van der Waals surface area (Å²) < 4.78 is 0. The second kappa shape index (κ2) is 11.5. The molecule has 0 amide bonds. The molecule has 0 aliphatic carbocycles. The molecule has 0 aliphatic heterocycles. The summed E-state index contributed by atoms with van der Waals surface area (Å²) in [7, 11) is 0. The maximum Gasteiger partial charge on any atom is 0.181 e. The van der Waals surface area contributed by atoms with Gasteiger partial charge in [-0.15, -0.1) is 24.8 Å². The van der Waals surface area contributed by atoms with Crippen LogP contribution in [0.2, 0.25) is 0 Å². The Bertz CT molecular complexity index is 449. The number of benzene rings is 2. The first-order valence-corrected chi connectivity index (χ1v) is 4.77. The van der Waals surface area contributed by atoms with E-state index in [1.54, 1.807) is 0 Å². The van der Waals surface area contributed by atoms with Crippen LogP contribution < -0.4 is 0 Å². The van der Waals surface area contributed by atoms with Crippen molar-refractivity contribution in [2.24, 2.45) is 0 Å². The van der Waals surface area contributed by atoms with Crippen molar-refractivity contribution in [1.29, 1.82) is 10.5 Å². The quantitative estimate of drug-likeness (QED) is 0.784. The van der Waals surface area contributed by atoms with Crippen LogP contribution in [0.1, 0.15) is 0 Å². The first kappa shape index (κ1) is 18.4. The summed E-state index contributed by atoms with van der Waals surface area (Å²) in [5.74, 6) is 0. The van der Waals surface area contributed by atoms with Gasteiger partial charge in [0.2, 0.25) is 0 Å². The fourth-order valence-corrected chi connectivity index (χ4v) is 1.26. The van der Waals surface area contributed by atoms with Gasteiger partial charge in [0.1, 0.15) is 0 Å². The minimum atomic E-state index is 0. The zero-order valence-corrected chi connectivity index (χ0v) is 11.1. The fraction of sp³-hybridized carbons (Fsp3) is 0. The van der Waals surface area contributed by atoms with E-state index in [0.29, 0.717) is 0 Å². The first-order chi connectivity index (χ1) is 7.88. The number of nitrogens with zero attached hydrogens (tertiary/aromatic N) is 2. The number of hydrogen-bond donors (Lipinski definition) is 0. The van der Waals surface area contributed by atoms with Crippen LogP contribution >= 0.6 is 24.8 Å². The second-order valence-corrected chi connectivity index (χ2v) is 2.96. The van der Waals surface area contributed by atoms with Crippen molar-refractivity contribution < 1.29 is 0 Å². The molecule has 0 aliphatic rings. The molecule has 0 saturated carbocycles. The number of halogens is 2. The van der Waals surface area contributed by atoms with Crippen LogP contribution in [0.3, 0.4) is 0 Å². The van der Waals surface area contributed by atoms with Crippen LogP contribution in [0, 0.1) is 22.7 Å². The highest BCUT2D eigenvalue weighted by Gasteiger charge is 1.91. The lowest BCUT2D eigenvalue weighted by Crippen LogP contribution is -1.73. The molecule has 0 heterocycles. The molecular formula is C14H12Cl2N2. The average Bonchev–Trinajstić information content (AvgIpc) is 2.41. The summed E-state index contributed by atoms with van der Waals surface area (Å²) in [6.07, 6.45) is 0. The summed E-state index contributed by atoms with van der Waals surface area (Å²) in [5.41, 5.74) is 2.55. The standard InChI is InChI=1S/C12H10.C2N2.2ClH/c1-3-7-11(8-4-1)12-9-5-2-6-10-12;3-1-2-4;;/h1-10H;;2*1H. The SMILES string of the molecule is Cl.Cl.N#CC#N.c1ccc(-c2ccccc2)cc1. The van der Waals surface area contributed by atoms with E-state index >= 15 is 0 Å². The van der Waals surface area contributed by atoms with Crippen LogP contribution in [0.15, 0.2) is 60.7 Å². The van der Waals surface area contributed by atoms with Gasteiger partial charge in [-0.2, -0.15) is 10.5 Å². The summed E-state index contributed by atoms with van der Waals surface area (Å²) in [5, 5.41) is 14.5. The van der Waals surface area contributed by atoms with Crippen LogP contribution in [-0.2, 0) is 0 Å². The maximum absolute atomic E-state index is 7.26. The number of nitriles is 2. The molecule has 2 aromatic carbocycles. The zero-order chi connectivity index (χ0) is 11.6. The molecule has 0 saturated heterocycles. The van der Waals surface area contributed by atoms with Gasteiger partial charge in [0, 0.05) is 0 Å². The van der Waals surface area contributed by atoms with E-state index in [9.17, 15) is 0 Å². The lowest BCUT2D eigenvalue weighted by atomic mass is 10.1. The van der Waals surface area contributed by atoms with E-state index in [0.717, 1.165) is 0 Å². The summed E-state index contributed by atoms with van der Waals surface area (Å²) in [4.78, 5) is 0. The van der Waals surface area contributed by atoms with Gasteiger partial charge in [0.15, 0.2) is 12.1 Å². The molecule has 0 N–H and O–H groups in total. The Kier molecular flexibility index (Phi) is 11.7. The lowest BCUT2D eigenvalue weighted by molar-refractivity contribution is 1.49. The predicted octanol–water partition coefficient (Wildman–Crippen LogP) is 4.23. The smallest absolute Gasteiger partial charge is 0.181 e. The molecule has 0 bridgehead atoms. The molecule has 92 valence electrons. The van der Waals surface area contributed by atoms with E-state index in [1.807, 2.05) is 12.1 Å². The molecule has 0 unspecified atom stereocenters. The molecule has 18 heavy (non-hydrogen) atoms. The van der Waals surface area contributed by atoms with Gasteiger partial charge in [0.05, 0.1) is 0 Å². The minimum absolute atomic E-state index is 0.